The van der Waals surface area contributed by atoms with Crippen LogP contribution >= 0.6 is 0 Å². The van der Waals surface area contributed by atoms with Gasteiger partial charge in [-0.05, 0) is 91.0 Å². The molecule has 0 atom stereocenters. The fraction of sp³-hybridized carbons (Fsp3) is 0. The van der Waals surface area contributed by atoms with Gasteiger partial charge >= 0.3 is 0 Å². The first kappa shape index (κ1) is 24.0. The molecule has 0 N–H and O–H groups in total. The van der Waals surface area contributed by atoms with Gasteiger partial charge in [-0.2, -0.15) is 0 Å². The van der Waals surface area contributed by atoms with Crippen molar-refractivity contribution in [2.75, 3.05) is 0 Å². The molecule has 0 radical (unpaired) electrons. The molecule has 0 aliphatic carbocycles. The summed E-state index contributed by atoms with van der Waals surface area (Å²) in [5, 5.41) is 10.3. The number of rotatable bonds is 3. The summed E-state index contributed by atoms with van der Waals surface area (Å²) in [7, 11) is 0. The summed E-state index contributed by atoms with van der Waals surface area (Å²) in [6.45, 7) is 0. The van der Waals surface area contributed by atoms with Gasteiger partial charge in [0.05, 0.1) is 11.0 Å². The molecule has 1 aromatic heterocycles. The maximum absolute atomic E-state index is 2.42. The Morgan fingerprint density at radius 2 is 0.698 bits per heavy atom. The van der Waals surface area contributed by atoms with E-state index < -0.39 is 0 Å². The molecular formula is C42H27N. The number of para-hydroxylation sites is 2. The zero-order valence-electron chi connectivity index (χ0n) is 23.5. The molecule has 0 bridgehead atoms. The van der Waals surface area contributed by atoms with Crippen molar-refractivity contribution in [1.29, 1.82) is 0 Å². The van der Waals surface area contributed by atoms with Crippen LogP contribution in [0.2, 0.25) is 0 Å². The topological polar surface area (TPSA) is 4.93 Å². The Bertz CT molecular complexity index is 2410. The minimum absolute atomic E-state index is 1.16. The lowest BCUT2D eigenvalue weighted by Gasteiger charge is -2.15. The van der Waals surface area contributed by atoms with E-state index in [9.17, 15) is 0 Å². The zero-order valence-corrected chi connectivity index (χ0v) is 23.5. The second-order valence-corrected chi connectivity index (χ2v) is 11.4. The molecule has 0 unspecified atom stereocenters. The Morgan fingerprint density at radius 3 is 1.28 bits per heavy atom. The average Bonchev–Trinajstić information content (AvgIpc) is 3.43. The molecule has 0 saturated heterocycles. The van der Waals surface area contributed by atoms with Crippen LogP contribution in [0, 0.1) is 0 Å². The van der Waals surface area contributed by atoms with Crippen molar-refractivity contribution in [2.24, 2.45) is 0 Å². The minimum atomic E-state index is 1.16. The van der Waals surface area contributed by atoms with Gasteiger partial charge in [-0.25, -0.2) is 0 Å². The lowest BCUT2D eigenvalue weighted by atomic mass is 9.91. The molecule has 9 rings (SSSR count). The lowest BCUT2D eigenvalue weighted by Crippen LogP contribution is -1.96. The van der Waals surface area contributed by atoms with Crippen molar-refractivity contribution in [1.82, 2.24) is 4.57 Å². The van der Waals surface area contributed by atoms with Crippen LogP contribution in [0.4, 0.5) is 0 Å². The number of aromatic nitrogens is 1. The molecule has 0 amide bonds. The van der Waals surface area contributed by atoms with Gasteiger partial charge < -0.3 is 4.57 Å². The number of hydrogen-bond acceptors (Lipinski definition) is 0. The fourth-order valence-corrected chi connectivity index (χ4v) is 6.99. The molecule has 8 aromatic carbocycles. The monoisotopic (exact) mass is 545 g/mol. The number of fused-ring (bicyclic) bond motifs is 9. The van der Waals surface area contributed by atoms with E-state index in [0.717, 1.165) is 5.69 Å². The van der Waals surface area contributed by atoms with Crippen molar-refractivity contribution in [3.05, 3.63) is 164 Å². The van der Waals surface area contributed by atoms with Gasteiger partial charge in [0, 0.05) is 16.5 Å². The van der Waals surface area contributed by atoms with E-state index in [4.69, 9.17) is 0 Å². The third-order valence-electron chi connectivity index (χ3n) is 8.94. The average molecular weight is 546 g/mol. The standard InChI is InChI=1S/C42H27N/c1-2-12-28(13-3-1)30-24-31(26-32(25-30)43-41-20-10-8-18-38(41)39-19-9-11-21-42(39)43)29-22-23-37-35-16-5-4-14-33(35)34-15-6-7-17-36(34)40(37)27-29/h1-27H. The molecule has 0 spiro atoms. The van der Waals surface area contributed by atoms with Gasteiger partial charge in [0.1, 0.15) is 0 Å². The third-order valence-corrected chi connectivity index (χ3v) is 8.94. The molecule has 0 aliphatic heterocycles. The van der Waals surface area contributed by atoms with E-state index in [1.807, 2.05) is 0 Å². The molecule has 200 valence electrons. The Morgan fingerprint density at radius 1 is 0.256 bits per heavy atom. The first-order valence-corrected chi connectivity index (χ1v) is 14.9. The van der Waals surface area contributed by atoms with Gasteiger partial charge in [0.2, 0.25) is 0 Å². The summed E-state index contributed by atoms with van der Waals surface area (Å²) in [6.07, 6.45) is 0. The highest BCUT2D eigenvalue weighted by molar-refractivity contribution is 6.25. The van der Waals surface area contributed by atoms with Gasteiger partial charge in [-0.3, -0.25) is 0 Å². The van der Waals surface area contributed by atoms with Gasteiger partial charge in [0.25, 0.3) is 0 Å². The summed E-state index contributed by atoms with van der Waals surface area (Å²) in [5.41, 5.74) is 8.44. The van der Waals surface area contributed by atoms with Crippen LogP contribution in [0.15, 0.2) is 164 Å². The predicted molar refractivity (Wildman–Crippen MR) is 184 cm³/mol. The second-order valence-electron chi connectivity index (χ2n) is 11.4. The molecule has 0 aliphatic rings. The molecule has 1 nitrogen and oxygen atoms in total. The zero-order chi connectivity index (χ0) is 28.3. The Kier molecular flexibility index (Phi) is 5.27. The summed E-state index contributed by atoms with van der Waals surface area (Å²) < 4.78 is 2.42. The number of nitrogens with zero attached hydrogens (tertiary/aromatic N) is 1. The SMILES string of the molecule is c1ccc(-c2cc(-c3ccc4c5ccccc5c5ccccc5c4c3)cc(-n3c4ccccc4c4ccccc43)c2)cc1. The van der Waals surface area contributed by atoms with Crippen LogP contribution in [-0.4, -0.2) is 4.57 Å². The quantitative estimate of drug-likeness (QED) is 0.195. The smallest absolute Gasteiger partial charge is 0.0541 e. The molecule has 1 heterocycles. The molecule has 0 fully saturated rings. The van der Waals surface area contributed by atoms with Crippen LogP contribution < -0.4 is 0 Å². The largest absolute Gasteiger partial charge is 0.309 e. The summed E-state index contributed by atoms with van der Waals surface area (Å²) >= 11 is 0. The third kappa shape index (κ3) is 3.72. The first-order valence-electron chi connectivity index (χ1n) is 14.9. The molecule has 43 heavy (non-hydrogen) atoms. The molecule has 0 saturated carbocycles. The first-order chi connectivity index (χ1) is 21.3. The van der Waals surface area contributed by atoms with Crippen molar-refractivity contribution in [2.45, 2.75) is 0 Å². The van der Waals surface area contributed by atoms with Gasteiger partial charge in [-0.1, -0.05) is 127 Å². The fourth-order valence-electron chi connectivity index (χ4n) is 6.99. The van der Waals surface area contributed by atoms with Crippen molar-refractivity contribution < 1.29 is 0 Å². The van der Waals surface area contributed by atoms with Crippen molar-refractivity contribution >= 4 is 54.1 Å². The maximum atomic E-state index is 2.42. The highest BCUT2D eigenvalue weighted by Crippen LogP contribution is 2.39. The van der Waals surface area contributed by atoms with Crippen LogP contribution in [0.5, 0.6) is 0 Å². The number of benzene rings is 8. The summed E-state index contributed by atoms with van der Waals surface area (Å²) in [5.74, 6) is 0. The normalized spacial score (nSPS) is 11.7. The van der Waals surface area contributed by atoms with Crippen LogP contribution in [0.25, 0.3) is 82.1 Å². The lowest BCUT2D eigenvalue weighted by molar-refractivity contribution is 1.18. The Labute approximate surface area is 249 Å². The predicted octanol–water partition coefficient (Wildman–Crippen LogP) is 11.6. The maximum Gasteiger partial charge on any atom is 0.0541 e. The van der Waals surface area contributed by atoms with Crippen LogP contribution in [0.1, 0.15) is 0 Å². The Hall–Kier alpha value is -5.66. The molecule has 1 heteroatoms. The van der Waals surface area contributed by atoms with E-state index >= 15 is 0 Å². The van der Waals surface area contributed by atoms with Crippen molar-refractivity contribution in [3.8, 4) is 27.9 Å². The van der Waals surface area contributed by atoms with Gasteiger partial charge in [0.15, 0.2) is 0 Å². The van der Waals surface area contributed by atoms with Crippen molar-refractivity contribution in [3.63, 3.8) is 0 Å². The highest BCUT2D eigenvalue weighted by Gasteiger charge is 2.15. The second kappa shape index (κ2) is 9.44. The van der Waals surface area contributed by atoms with E-state index in [1.165, 1.54) is 76.4 Å². The number of hydrogen-bond donors (Lipinski definition) is 0. The van der Waals surface area contributed by atoms with E-state index in [0.29, 0.717) is 0 Å². The van der Waals surface area contributed by atoms with Crippen LogP contribution in [0.3, 0.4) is 0 Å². The van der Waals surface area contributed by atoms with E-state index in [-0.39, 0.29) is 0 Å². The van der Waals surface area contributed by atoms with Gasteiger partial charge in [-0.15, -0.1) is 0 Å². The molecule has 9 aromatic rings. The minimum Gasteiger partial charge on any atom is -0.309 e. The summed E-state index contributed by atoms with van der Waals surface area (Å²) in [6, 6.07) is 59.8. The highest BCUT2D eigenvalue weighted by atomic mass is 15.0. The summed E-state index contributed by atoms with van der Waals surface area (Å²) in [4.78, 5) is 0. The van der Waals surface area contributed by atoms with E-state index in [1.54, 1.807) is 0 Å². The van der Waals surface area contributed by atoms with E-state index in [2.05, 4.69) is 168 Å². The van der Waals surface area contributed by atoms with Crippen LogP contribution in [-0.2, 0) is 0 Å². The Balaban J connectivity index is 1.35. The molecular weight excluding hydrogens is 518 g/mol.